The van der Waals surface area contributed by atoms with Crippen molar-refractivity contribution in [3.05, 3.63) is 55.8 Å². The van der Waals surface area contributed by atoms with Crippen LogP contribution in [0.15, 0.2) is 30.3 Å². The third-order valence-corrected chi connectivity index (χ3v) is 6.43. The van der Waals surface area contributed by atoms with Gasteiger partial charge in [0.25, 0.3) is 17.5 Å². The lowest BCUT2D eigenvalue weighted by molar-refractivity contribution is -0.384. The number of carbonyl (C=O) groups excluding carboxylic acids is 2. The number of aryl methyl sites for hydroxylation is 2. The fourth-order valence-corrected chi connectivity index (χ4v) is 4.37. The number of nitro groups is 1. The second kappa shape index (κ2) is 9.68. The molecule has 9 nitrogen and oxygen atoms in total. The van der Waals surface area contributed by atoms with Crippen molar-refractivity contribution < 1.29 is 14.5 Å². The topological polar surface area (TPSA) is 108 Å². The summed E-state index contributed by atoms with van der Waals surface area (Å²) in [5, 5.41) is 10.8. The van der Waals surface area contributed by atoms with E-state index in [2.05, 4.69) is 15.8 Å². The molecule has 2 amide bonds. The zero-order chi connectivity index (χ0) is 21.7. The van der Waals surface area contributed by atoms with E-state index in [1.54, 1.807) is 12.1 Å². The summed E-state index contributed by atoms with van der Waals surface area (Å²) in [6.07, 6.45) is 0.877. The Kier molecular flexibility index (Phi) is 7.01. The van der Waals surface area contributed by atoms with Crippen LogP contribution in [-0.4, -0.2) is 54.4 Å². The van der Waals surface area contributed by atoms with Crippen LogP contribution in [0.4, 0.5) is 11.4 Å². The second-order valence-corrected chi connectivity index (χ2v) is 8.25. The van der Waals surface area contributed by atoms with Gasteiger partial charge in [0.15, 0.2) is 0 Å². The summed E-state index contributed by atoms with van der Waals surface area (Å²) in [4.78, 5) is 40.6. The van der Waals surface area contributed by atoms with Crippen LogP contribution < -0.4 is 15.8 Å². The molecule has 2 N–H and O–H groups in total. The van der Waals surface area contributed by atoms with Crippen LogP contribution in [0.2, 0.25) is 0 Å². The Labute approximate surface area is 178 Å². The molecule has 2 heterocycles. The molecule has 160 valence electrons. The molecule has 30 heavy (non-hydrogen) atoms. The highest BCUT2D eigenvalue weighted by molar-refractivity contribution is 7.14. The molecule has 2 aromatic rings. The van der Waals surface area contributed by atoms with E-state index in [4.69, 9.17) is 0 Å². The highest BCUT2D eigenvalue weighted by Crippen LogP contribution is 2.22. The number of nitro benzene ring substituents is 1. The van der Waals surface area contributed by atoms with Crippen molar-refractivity contribution in [1.29, 1.82) is 0 Å². The first kappa shape index (κ1) is 21.7. The van der Waals surface area contributed by atoms with Crippen LogP contribution in [0, 0.1) is 17.0 Å². The highest BCUT2D eigenvalue weighted by Gasteiger charge is 2.20. The summed E-state index contributed by atoms with van der Waals surface area (Å²) in [6, 6.07) is 8.31. The Morgan fingerprint density at radius 2 is 1.80 bits per heavy atom. The number of amides is 2. The van der Waals surface area contributed by atoms with Gasteiger partial charge in [-0.15, -0.1) is 11.3 Å². The number of nitrogens with zero attached hydrogens (tertiary/aromatic N) is 3. The van der Waals surface area contributed by atoms with Gasteiger partial charge in [0.05, 0.1) is 16.3 Å². The first-order valence-electron chi connectivity index (χ1n) is 9.77. The van der Waals surface area contributed by atoms with E-state index < -0.39 is 4.92 Å². The first-order chi connectivity index (χ1) is 14.4. The molecule has 0 atom stereocenters. The van der Waals surface area contributed by atoms with Crippen molar-refractivity contribution in [3.8, 4) is 0 Å². The molecule has 10 heteroatoms. The summed E-state index contributed by atoms with van der Waals surface area (Å²) in [7, 11) is 0. The highest BCUT2D eigenvalue weighted by atomic mass is 32.1. The summed E-state index contributed by atoms with van der Waals surface area (Å²) in [5.41, 5.74) is 7.05. The average molecular weight is 432 g/mol. The monoisotopic (exact) mass is 431 g/mol. The summed E-state index contributed by atoms with van der Waals surface area (Å²) in [6.45, 7) is 7.00. The summed E-state index contributed by atoms with van der Waals surface area (Å²) >= 11 is 1.44. The normalized spacial score (nSPS) is 14.4. The molecule has 0 radical (unpaired) electrons. The maximum absolute atomic E-state index is 12.2. The van der Waals surface area contributed by atoms with Gasteiger partial charge < -0.3 is 4.90 Å². The minimum absolute atomic E-state index is 0.0692. The van der Waals surface area contributed by atoms with E-state index in [1.807, 2.05) is 24.8 Å². The van der Waals surface area contributed by atoms with Crippen molar-refractivity contribution in [2.75, 3.05) is 37.6 Å². The Balaban J connectivity index is 1.42. The van der Waals surface area contributed by atoms with Crippen LogP contribution in [0.25, 0.3) is 0 Å². The number of hydrogen-bond donors (Lipinski definition) is 2. The van der Waals surface area contributed by atoms with E-state index in [1.165, 1.54) is 23.5 Å². The molecule has 1 aromatic heterocycles. The molecular formula is C20H25N5O4S. The van der Waals surface area contributed by atoms with Gasteiger partial charge in [-0.2, -0.15) is 0 Å². The largest absolute Gasteiger partial charge is 0.369 e. The van der Waals surface area contributed by atoms with Gasteiger partial charge in [0.1, 0.15) is 0 Å². The first-order valence-corrected chi connectivity index (χ1v) is 10.6. The molecule has 1 aliphatic rings. The lowest BCUT2D eigenvalue weighted by Gasteiger charge is -2.35. The Morgan fingerprint density at radius 1 is 1.13 bits per heavy atom. The summed E-state index contributed by atoms with van der Waals surface area (Å²) in [5.74, 6) is -0.574. The van der Waals surface area contributed by atoms with Crippen LogP contribution >= 0.6 is 11.3 Å². The Bertz CT molecular complexity index is 920. The number of piperazine rings is 1. The number of anilines is 1. The molecule has 0 saturated carbocycles. The van der Waals surface area contributed by atoms with Gasteiger partial charge in [0.2, 0.25) is 0 Å². The second-order valence-electron chi connectivity index (χ2n) is 7.11. The predicted molar refractivity (Wildman–Crippen MR) is 116 cm³/mol. The molecule has 1 aromatic carbocycles. The number of hydrogen-bond acceptors (Lipinski definition) is 7. The quantitative estimate of drug-likeness (QED) is 0.536. The molecule has 3 rings (SSSR count). The minimum Gasteiger partial charge on any atom is -0.369 e. The lowest BCUT2D eigenvalue weighted by atomic mass is 10.2. The van der Waals surface area contributed by atoms with Crippen molar-refractivity contribution in [2.45, 2.75) is 20.3 Å². The van der Waals surface area contributed by atoms with Gasteiger partial charge in [0, 0.05) is 48.9 Å². The third-order valence-electron chi connectivity index (χ3n) is 5.05. The molecular weight excluding hydrogens is 406 g/mol. The van der Waals surface area contributed by atoms with Crippen LogP contribution in [-0.2, 0) is 11.2 Å². The van der Waals surface area contributed by atoms with Crippen molar-refractivity contribution in [2.24, 2.45) is 0 Å². The average Bonchev–Trinajstić information content (AvgIpc) is 3.13. The predicted octanol–water partition coefficient (Wildman–Crippen LogP) is 2.11. The van der Waals surface area contributed by atoms with Crippen molar-refractivity contribution in [1.82, 2.24) is 15.8 Å². The van der Waals surface area contributed by atoms with Crippen LogP contribution in [0.3, 0.4) is 0 Å². The number of benzene rings is 1. The van der Waals surface area contributed by atoms with Crippen LogP contribution in [0.1, 0.15) is 27.0 Å². The fourth-order valence-electron chi connectivity index (χ4n) is 3.36. The van der Waals surface area contributed by atoms with Gasteiger partial charge in [-0.3, -0.25) is 35.5 Å². The minimum atomic E-state index is -0.415. The molecule has 0 aliphatic carbocycles. The Hall–Kier alpha value is -2.98. The van der Waals surface area contributed by atoms with Gasteiger partial charge in [-0.1, -0.05) is 6.92 Å². The molecule has 0 bridgehead atoms. The van der Waals surface area contributed by atoms with E-state index in [0.29, 0.717) is 31.1 Å². The maximum atomic E-state index is 12.2. The molecule has 0 unspecified atom stereocenters. The third kappa shape index (κ3) is 5.33. The standard InChI is InChI=1S/C20H25N5O4S/c1-3-17-14(2)12-18(30-17)20(27)22-21-19(26)13-23-8-10-24(11-9-23)15-4-6-16(7-5-15)25(28)29/h4-7,12H,3,8-11,13H2,1-2H3,(H,21,26)(H,22,27). The maximum Gasteiger partial charge on any atom is 0.279 e. The SMILES string of the molecule is CCc1sc(C(=O)NNC(=O)CN2CCN(c3ccc([N+](=O)[O-])cc3)CC2)cc1C. The van der Waals surface area contributed by atoms with Gasteiger partial charge >= 0.3 is 0 Å². The number of hydrazine groups is 1. The molecule has 0 spiro atoms. The van der Waals surface area contributed by atoms with Gasteiger partial charge in [-0.05, 0) is 37.1 Å². The summed E-state index contributed by atoms with van der Waals surface area (Å²) < 4.78 is 0. The fraction of sp³-hybridized carbons (Fsp3) is 0.400. The van der Waals surface area contributed by atoms with Crippen LogP contribution in [0.5, 0.6) is 0 Å². The number of carbonyl (C=O) groups is 2. The number of nitrogens with one attached hydrogen (secondary N) is 2. The van der Waals surface area contributed by atoms with E-state index >= 15 is 0 Å². The molecule has 1 fully saturated rings. The lowest BCUT2D eigenvalue weighted by Crippen LogP contribution is -2.51. The van der Waals surface area contributed by atoms with Crippen molar-refractivity contribution >= 4 is 34.5 Å². The zero-order valence-electron chi connectivity index (χ0n) is 17.0. The number of non-ortho nitro benzene ring substituents is 1. The molecule has 1 aliphatic heterocycles. The molecule has 1 saturated heterocycles. The number of rotatable bonds is 6. The zero-order valence-corrected chi connectivity index (χ0v) is 17.8. The van der Waals surface area contributed by atoms with Gasteiger partial charge in [-0.25, -0.2) is 0 Å². The number of thiophene rings is 1. The van der Waals surface area contributed by atoms with E-state index in [0.717, 1.165) is 22.5 Å². The van der Waals surface area contributed by atoms with E-state index in [9.17, 15) is 19.7 Å². The Morgan fingerprint density at radius 3 is 2.37 bits per heavy atom. The van der Waals surface area contributed by atoms with E-state index in [-0.39, 0.29) is 24.0 Å². The smallest absolute Gasteiger partial charge is 0.279 e. The van der Waals surface area contributed by atoms with Crippen molar-refractivity contribution in [3.63, 3.8) is 0 Å².